The summed E-state index contributed by atoms with van der Waals surface area (Å²) >= 11 is 1.61. The standard InChI is InChI=1S/C21H21NO3S2/c1-21(2)11-10-17-19(13-21)26-18-12-14(8-9-16(18)20(17)23)22-27(24,25)15-6-4-3-5-7-15/h3-9,12,22H,10-11,13H2,1-2H3. The molecule has 3 aromatic rings. The third-order valence-electron chi connectivity index (χ3n) is 5.07. The number of hydrogen-bond acceptors (Lipinski definition) is 4. The zero-order valence-corrected chi connectivity index (χ0v) is 16.9. The average molecular weight is 400 g/mol. The van der Waals surface area contributed by atoms with Gasteiger partial charge in [0.2, 0.25) is 0 Å². The average Bonchev–Trinajstić information content (AvgIpc) is 2.61. The summed E-state index contributed by atoms with van der Waals surface area (Å²) in [6.07, 6.45) is 2.72. The maximum Gasteiger partial charge on any atom is 0.261 e. The van der Waals surface area contributed by atoms with Crippen LogP contribution in [0.1, 0.15) is 30.7 Å². The van der Waals surface area contributed by atoms with E-state index in [0.29, 0.717) is 11.1 Å². The molecule has 1 aliphatic carbocycles. The molecule has 1 N–H and O–H groups in total. The maximum absolute atomic E-state index is 12.9. The Morgan fingerprint density at radius 1 is 1.07 bits per heavy atom. The molecule has 27 heavy (non-hydrogen) atoms. The Morgan fingerprint density at radius 2 is 1.81 bits per heavy atom. The molecule has 0 unspecified atom stereocenters. The van der Waals surface area contributed by atoms with E-state index in [2.05, 4.69) is 18.6 Å². The molecule has 1 heterocycles. The van der Waals surface area contributed by atoms with Crippen LogP contribution in [-0.4, -0.2) is 8.42 Å². The Hall–Kier alpha value is -2.18. The van der Waals surface area contributed by atoms with Gasteiger partial charge in [-0.1, -0.05) is 32.0 Å². The van der Waals surface area contributed by atoms with Gasteiger partial charge in [0.05, 0.1) is 10.6 Å². The van der Waals surface area contributed by atoms with Crippen molar-refractivity contribution in [2.75, 3.05) is 4.72 Å². The number of nitrogens with one attached hydrogen (secondary N) is 1. The van der Waals surface area contributed by atoms with E-state index in [1.54, 1.807) is 59.9 Å². The van der Waals surface area contributed by atoms with Gasteiger partial charge in [-0.3, -0.25) is 9.52 Å². The minimum atomic E-state index is -3.65. The minimum Gasteiger partial charge on any atom is -0.289 e. The van der Waals surface area contributed by atoms with Gasteiger partial charge in [0.25, 0.3) is 10.0 Å². The van der Waals surface area contributed by atoms with Crippen LogP contribution >= 0.6 is 11.3 Å². The molecule has 1 aromatic heterocycles. The van der Waals surface area contributed by atoms with Crippen molar-refractivity contribution in [2.45, 2.75) is 38.0 Å². The lowest BCUT2D eigenvalue weighted by Gasteiger charge is -2.30. The predicted molar refractivity (Wildman–Crippen MR) is 111 cm³/mol. The zero-order valence-electron chi connectivity index (χ0n) is 15.3. The van der Waals surface area contributed by atoms with Crippen molar-refractivity contribution in [1.29, 1.82) is 0 Å². The van der Waals surface area contributed by atoms with Crippen LogP contribution in [0.15, 0.2) is 58.2 Å². The number of sulfonamides is 1. The molecule has 4 nitrogen and oxygen atoms in total. The first-order valence-electron chi connectivity index (χ1n) is 8.92. The highest BCUT2D eigenvalue weighted by Crippen LogP contribution is 2.37. The second-order valence-electron chi connectivity index (χ2n) is 7.80. The molecule has 0 spiro atoms. The Labute approximate surface area is 162 Å². The van der Waals surface area contributed by atoms with Crippen LogP contribution in [-0.2, 0) is 22.9 Å². The van der Waals surface area contributed by atoms with E-state index in [4.69, 9.17) is 0 Å². The van der Waals surface area contributed by atoms with Crippen LogP contribution < -0.4 is 10.2 Å². The molecule has 0 aliphatic heterocycles. The van der Waals surface area contributed by atoms with Crippen LogP contribution in [0.3, 0.4) is 0 Å². The van der Waals surface area contributed by atoms with Gasteiger partial charge in [0.1, 0.15) is 0 Å². The van der Waals surface area contributed by atoms with E-state index in [0.717, 1.165) is 34.4 Å². The first-order valence-corrected chi connectivity index (χ1v) is 11.2. The van der Waals surface area contributed by atoms with Crippen LogP contribution in [0.25, 0.3) is 10.1 Å². The molecule has 0 saturated heterocycles. The lowest BCUT2D eigenvalue weighted by molar-refractivity contribution is 0.318. The molecule has 2 aromatic carbocycles. The second kappa shape index (κ2) is 6.46. The van der Waals surface area contributed by atoms with Crippen LogP contribution in [0.4, 0.5) is 5.69 Å². The van der Waals surface area contributed by atoms with Gasteiger partial charge in [-0.05, 0) is 55.0 Å². The molecule has 1 aliphatic rings. The third-order valence-corrected chi connectivity index (χ3v) is 7.66. The largest absolute Gasteiger partial charge is 0.289 e. The molecule has 4 rings (SSSR count). The quantitative estimate of drug-likeness (QED) is 0.701. The lowest BCUT2D eigenvalue weighted by atomic mass is 9.77. The van der Waals surface area contributed by atoms with Gasteiger partial charge >= 0.3 is 0 Å². The normalized spacial score (nSPS) is 16.1. The zero-order chi connectivity index (χ0) is 19.2. The number of rotatable bonds is 3. The monoisotopic (exact) mass is 399 g/mol. The van der Waals surface area contributed by atoms with E-state index in [-0.39, 0.29) is 15.7 Å². The molecular formula is C21H21NO3S2. The molecule has 0 fully saturated rings. The van der Waals surface area contributed by atoms with E-state index < -0.39 is 10.0 Å². The second-order valence-corrected chi connectivity index (χ2v) is 10.6. The summed E-state index contributed by atoms with van der Waals surface area (Å²) < 4.78 is 28.5. The summed E-state index contributed by atoms with van der Waals surface area (Å²) in [5.41, 5.74) is 1.68. The smallest absolute Gasteiger partial charge is 0.261 e. The Morgan fingerprint density at radius 3 is 2.56 bits per heavy atom. The van der Waals surface area contributed by atoms with Crippen LogP contribution in [0, 0.1) is 5.41 Å². The molecule has 0 bridgehead atoms. The van der Waals surface area contributed by atoms with E-state index in [9.17, 15) is 13.2 Å². The van der Waals surface area contributed by atoms with Crippen molar-refractivity contribution < 1.29 is 8.42 Å². The Kier molecular flexibility index (Phi) is 4.35. The van der Waals surface area contributed by atoms with Gasteiger partial charge in [-0.25, -0.2) is 8.42 Å². The molecule has 6 heteroatoms. The summed E-state index contributed by atoms with van der Waals surface area (Å²) in [7, 11) is -3.65. The fourth-order valence-corrected chi connectivity index (χ4v) is 6.11. The molecule has 0 amide bonds. The molecule has 0 atom stereocenters. The Balaban J connectivity index is 1.76. The molecular weight excluding hydrogens is 378 g/mol. The van der Waals surface area contributed by atoms with Crippen LogP contribution in [0.2, 0.25) is 0 Å². The molecule has 0 saturated carbocycles. The van der Waals surface area contributed by atoms with Crippen molar-refractivity contribution in [3.63, 3.8) is 0 Å². The lowest BCUT2D eigenvalue weighted by Crippen LogP contribution is -2.26. The number of hydrogen-bond donors (Lipinski definition) is 1. The fraction of sp³-hybridized carbons (Fsp3) is 0.286. The molecule has 140 valence electrons. The number of anilines is 1. The van der Waals surface area contributed by atoms with Crippen LogP contribution in [0.5, 0.6) is 0 Å². The SMILES string of the molecule is CC1(C)CCc2c(sc3cc(NS(=O)(=O)c4ccccc4)ccc3c2=O)C1. The van der Waals surface area contributed by atoms with E-state index >= 15 is 0 Å². The van der Waals surface area contributed by atoms with Gasteiger partial charge in [-0.15, -0.1) is 11.3 Å². The highest BCUT2D eigenvalue weighted by molar-refractivity contribution is 7.92. The summed E-state index contributed by atoms with van der Waals surface area (Å²) in [5.74, 6) is 0. The van der Waals surface area contributed by atoms with E-state index in [1.165, 1.54) is 0 Å². The van der Waals surface area contributed by atoms with Crippen molar-refractivity contribution in [3.05, 3.63) is 69.2 Å². The van der Waals surface area contributed by atoms with Gasteiger partial charge in [-0.2, -0.15) is 0 Å². The summed E-state index contributed by atoms with van der Waals surface area (Å²) in [5, 5.41) is 0.668. The van der Waals surface area contributed by atoms with Crippen molar-refractivity contribution in [1.82, 2.24) is 0 Å². The molecule has 0 radical (unpaired) electrons. The number of benzene rings is 2. The summed E-state index contributed by atoms with van der Waals surface area (Å²) in [6, 6.07) is 13.4. The Bertz CT molecular complexity index is 1180. The van der Waals surface area contributed by atoms with E-state index in [1.807, 2.05) is 0 Å². The van der Waals surface area contributed by atoms with Crippen molar-refractivity contribution >= 4 is 37.1 Å². The summed E-state index contributed by atoms with van der Waals surface area (Å²) in [6.45, 7) is 4.45. The maximum atomic E-state index is 12.9. The van der Waals surface area contributed by atoms with Gasteiger partial charge in [0, 0.05) is 20.5 Å². The highest BCUT2D eigenvalue weighted by Gasteiger charge is 2.28. The van der Waals surface area contributed by atoms with Crippen molar-refractivity contribution in [2.24, 2.45) is 5.41 Å². The number of fused-ring (bicyclic) bond motifs is 2. The van der Waals surface area contributed by atoms with Gasteiger partial charge < -0.3 is 0 Å². The first kappa shape index (κ1) is 18.2. The minimum absolute atomic E-state index is 0.0896. The topological polar surface area (TPSA) is 63.2 Å². The highest BCUT2D eigenvalue weighted by atomic mass is 32.2. The van der Waals surface area contributed by atoms with Gasteiger partial charge in [0.15, 0.2) is 5.43 Å². The first-order chi connectivity index (χ1) is 12.8. The summed E-state index contributed by atoms with van der Waals surface area (Å²) in [4.78, 5) is 14.2. The fourth-order valence-electron chi connectivity index (χ4n) is 3.54. The predicted octanol–water partition coefficient (Wildman–Crippen LogP) is 4.58. The third kappa shape index (κ3) is 3.51. The van der Waals surface area contributed by atoms with Crippen molar-refractivity contribution in [3.8, 4) is 0 Å².